The molecule has 1 amide bonds. The molecule has 0 aromatic heterocycles. The van der Waals surface area contributed by atoms with Gasteiger partial charge in [-0.25, -0.2) is 4.79 Å². The standard InChI is InChI=1S/C5H12N2O2.ClH/c1-7(4-3-6)5(8)9-2;/h3-4,6H2,1-2H3;1H. The van der Waals surface area contributed by atoms with E-state index in [1.807, 2.05) is 0 Å². The van der Waals surface area contributed by atoms with Gasteiger partial charge in [-0.05, 0) is 0 Å². The molecule has 0 saturated heterocycles. The monoisotopic (exact) mass is 168 g/mol. The Kier molecular flexibility index (Phi) is 8.11. The van der Waals surface area contributed by atoms with E-state index in [1.165, 1.54) is 12.0 Å². The Labute approximate surface area is 66.7 Å². The van der Waals surface area contributed by atoms with Gasteiger partial charge in [-0.15, -0.1) is 12.4 Å². The molecule has 0 rings (SSSR count). The molecule has 0 aromatic carbocycles. The third-order valence-electron chi connectivity index (χ3n) is 0.951. The third-order valence-corrected chi connectivity index (χ3v) is 0.951. The van der Waals surface area contributed by atoms with E-state index in [2.05, 4.69) is 4.74 Å². The normalized spacial score (nSPS) is 7.90. The van der Waals surface area contributed by atoms with Crippen LogP contribution in [0.15, 0.2) is 0 Å². The summed E-state index contributed by atoms with van der Waals surface area (Å²) in [5.41, 5.74) is 5.17. The summed E-state index contributed by atoms with van der Waals surface area (Å²) >= 11 is 0. The second kappa shape index (κ2) is 6.64. The lowest BCUT2D eigenvalue weighted by molar-refractivity contribution is 0.134. The van der Waals surface area contributed by atoms with Crippen molar-refractivity contribution in [2.75, 3.05) is 27.2 Å². The van der Waals surface area contributed by atoms with Crippen LogP contribution in [0.3, 0.4) is 0 Å². The molecular formula is C5H13ClN2O2. The number of methoxy groups -OCH3 is 1. The summed E-state index contributed by atoms with van der Waals surface area (Å²) in [6.45, 7) is 0.998. The number of nitrogens with zero attached hydrogens (tertiary/aromatic N) is 1. The number of rotatable bonds is 2. The number of ether oxygens (including phenoxy) is 1. The maximum absolute atomic E-state index is 10.5. The minimum atomic E-state index is -0.347. The number of carbonyl (C=O) groups excluding carboxylic acids is 1. The van der Waals surface area contributed by atoms with Crippen molar-refractivity contribution < 1.29 is 9.53 Å². The summed E-state index contributed by atoms with van der Waals surface area (Å²) in [7, 11) is 2.98. The van der Waals surface area contributed by atoms with Gasteiger partial charge in [0.05, 0.1) is 7.11 Å². The number of amides is 1. The van der Waals surface area contributed by atoms with Crippen molar-refractivity contribution in [3.8, 4) is 0 Å². The van der Waals surface area contributed by atoms with Gasteiger partial charge in [0.15, 0.2) is 0 Å². The summed E-state index contributed by atoms with van der Waals surface area (Å²) in [5, 5.41) is 0. The van der Waals surface area contributed by atoms with Gasteiger partial charge in [-0.1, -0.05) is 0 Å². The third kappa shape index (κ3) is 4.40. The Morgan fingerprint density at radius 3 is 2.50 bits per heavy atom. The van der Waals surface area contributed by atoms with E-state index in [-0.39, 0.29) is 18.5 Å². The van der Waals surface area contributed by atoms with Crippen LogP contribution in [0.2, 0.25) is 0 Å². The molecule has 4 nitrogen and oxygen atoms in total. The molecule has 0 aliphatic rings. The second-order valence-electron chi connectivity index (χ2n) is 1.68. The highest BCUT2D eigenvalue weighted by atomic mass is 35.5. The zero-order chi connectivity index (χ0) is 7.28. The molecule has 0 spiro atoms. The quantitative estimate of drug-likeness (QED) is 0.635. The number of hydrogen-bond acceptors (Lipinski definition) is 3. The van der Waals surface area contributed by atoms with Crippen LogP contribution in [-0.4, -0.2) is 38.2 Å². The highest BCUT2D eigenvalue weighted by Crippen LogP contribution is 1.84. The smallest absolute Gasteiger partial charge is 0.409 e. The van der Waals surface area contributed by atoms with Gasteiger partial charge < -0.3 is 15.4 Å². The van der Waals surface area contributed by atoms with E-state index in [4.69, 9.17) is 5.73 Å². The van der Waals surface area contributed by atoms with Gasteiger partial charge in [0.2, 0.25) is 0 Å². The summed E-state index contributed by atoms with van der Waals surface area (Å²) in [4.78, 5) is 12.0. The van der Waals surface area contributed by atoms with Gasteiger partial charge in [0.1, 0.15) is 0 Å². The molecule has 0 aliphatic heterocycles. The minimum Gasteiger partial charge on any atom is -0.453 e. The van der Waals surface area contributed by atoms with E-state index < -0.39 is 0 Å². The fourth-order valence-corrected chi connectivity index (χ4v) is 0.441. The number of hydrogen-bond donors (Lipinski definition) is 1. The molecule has 0 aromatic rings. The van der Waals surface area contributed by atoms with Crippen LogP contribution in [0.25, 0.3) is 0 Å². The lowest BCUT2D eigenvalue weighted by Crippen LogP contribution is -2.31. The van der Waals surface area contributed by atoms with Crippen molar-refractivity contribution in [3.05, 3.63) is 0 Å². The minimum absolute atomic E-state index is 0. The molecule has 10 heavy (non-hydrogen) atoms. The van der Waals surface area contributed by atoms with E-state index in [9.17, 15) is 4.79 Å². The molecule has 0 aliphatic carbocycles. The maximum atomic E-state index is 10.5. The topological polar surface area (TPSA) is 55.6 Å². The van der Waals surface area contributed by atoms with Gasteiger partial charge >= 0.3 is 6.09 Å². The Morgan fingerprint density at radius 1 is 1.70 bits per heavy atom. The van der Waals surface area contributed by atoms with Crippen LogP contribution in [0.1, 0.15) is 0 Å². The van der Waals surface area contributed by atoms with E-state index in [0.717, 1.165) is 0 Å². The molecule has 0 heterocycles. The van der Waals surface area contributed by atoms with Crippen molar-refractivity contribution in [1.82, 2.24) is 4.90 Å². The van der Waals surface area contributed by atoms with Crippen molar-refractivity contribution in [3.63, 3.8) is 0 Å². The Bertz CT molecular complexity index is 99.6. The fourth-order valence-electron chi connectivity index (χ4n) is 0.441. The molecule has 0 bridgehead atoms. The zero-order valence-electron chi connectivity index (χ0n) is 6.16. The lowest BCUT2D eigenvalue weighted by Gasteiger charge is -2.12. The van der Waals surface area contributed by atoms with Crippen LogP contribution < -0.4 is 5.73 Å². The number of halogens is 1. The molecule has 2 N–H and O–H groups in total. The number of carbonyl (C=O) groups is 1. The molecule has 0 atom stereocenters. The van der Waals surface area contributed by atoms with Crippen LogP contribution in [0.5, 0.6) is 0 Å². The molecule has 0 unspecified atom stereocenters. The predicted molar refractivity (Wildman–Crippen MR) is 41.3 cm³/mol. The molecule has 0 fully saturated rings. The zero-order valence-corrected chi connectivity index (χ0v) is 6.98. The summed E-state index contributed by atoms with van der Waals surface area (Å²) in [6, 6.07) is 0. The van der Waals surface area contributed by atoms with Crippen molar-refractivity contribution >= 4 is 18.5 Å². The predicted octanol–water partition coefficient (Wildman–Crippen LogP) is 0.0651. The number of likely N-dealkylation sites (N-methyl/N-ethyl adjacent to an activating group) is 1. The first-order valence-electron chi connectivity index (χ1n) is 2.71. The van der Waals surface area contributed by atoms with E-state index in [1.54, 1.807) is 7.05 Å². The van der Waals surface area contributed by atoms with Gasteiger partial charge in [-0.2, -0.15) is 0 Å². The first-order chi connectivity index (χ1) is 4.22. The van der Waals surface area contributed by atoms with Crippen LogP contribution >= 0.6 is 12.4 Å². The molecular weight excluding hydrogens is 156 g/mol. The number of nitrogens with two attached hydrogens (primary N) is 1. The highest BCUT2D eigenvalue weighted by Gasteiger charge is 2.04. The molecule has 0 radical (unpaired) electrons. The first-order valence-corrected chi connectivity index (χ1v) is 2.71. The van der Waals surface area contributed by atoms with E-state index >= 15 is 0 Å². The lowest BCUT2D eigenvalue weighted by atomic mass is 10.6. The SMILES string of the molecule is COC(=O)N(C)CCN.Cl. The first kappa shape index (κ1) is 12.2. The highest BCUT2D eigenvalue weighted by molar-refractivity contribution is 5.85. The summed E-state index contributed by atoms with van der Waals surface area (Å²) in [6.07, 6.45) is -0.347. The van der Waals surface area contributed by atoms with E-state index in [0.29, 0.717) is 13.1 Å². The van der Waals surface area contributed by atoms with Gasteiger partial charge in [-0.3, -0.25) is 0 Å². The van der Waals surface area contributed by atoms with Crippen molar-refractivity contribution in [2.24, 2.45) is 5.73 Å². The maximum Gasteiger partial charge on any atom is 0.409 e. The Morgan fingerprint density at radius 2 is 2.20 bits per heavy atom. The van der Waals surface area contributed by atoms with Crippen molar-refractivity contribution in [1.29, 1.82) is 0 Å². The Hall–Kier alpha value is -0.480. The summed E-state index contributed by atoms with van der Waals surface area (Å²) < 4.78 is 4.40. The average Bonchev–Trinajstić information content (AvgIpc) is 1.87. The Balaban J connectivity index is 0. The fraction of sp³-hybridized carbons (Fsp3) is 0.800. The second-order valence-corrected chi connectivity index (χ2v) is 1.68. The molecule has 5 heteroatoms. The molecule has 0 saturated carbocycles. The van der Waals surface area contributed by atoms with Crippen molar-refractivity contribution in [2.45, 2.75) is 0 Å². The van der Waals surface area contributed by atoms with Crippen LogP contribution in [0.4, 0.5) is 4.79 Å². The average molecular weight is 169 g/mol. The largest absolute Gasteiger partial charge is 0.453 e. The summed E-state index contributed by atoms with van der Waals surface area (Å²) in [5.74, 6) is 0. The van der Waals surface area contributed by atoms with Gasteiger partial charge in [0.25, 0.3) is 0 Å². The van der Waals surface area contributed by atoms with Crippen LogP contribution in [-0.2, 0) is 4.74 Å². The van der Waals surface area contributed by atoms with Gasteiger partial charge in [0, 0.05) is 20.1 Å². The van der Waals surface area contributed by atoms with Crippen LogP contribution in [0, 0.1) is 0 Å². The molecule has 62 valence electrons.